The lowest BCUT2D eigenvalue weighted by Crippen LogP contribution is -2.42. The normalized spacial score (nSPS) is 14.2. The van der Waals surface area contributed by atoms with Gasteiger partial charge in [-0.15, -0.1) is 0 Å². The predicted octanol–water partition coefficient (Wildman–Crippen LogP) is 0.805. The molecule has 0 spiro atoms. The summed E-state index contributed by atoms with van der Waals surface area (Å²) in [6.45, 7) is 5.55. The third-order valence-corrected chi connectivity index (χ3v) is 1.98. The molecule has 0 saturated heterocycles. The molecule has 0 radical (unpaired) electrons. The van der Waals surface area contributed by atoms with Gasteiger partial charge in [-0.2, -0.15) is 0 Å². The van der Waals surface area contributed by atoms with Crippen LogP contribution in [0.3, 0.4) is 0 Å². The molecule has 14 heavy (non-hydrogen) atoms. The highest BCUT2D eigenvalue weighted by Gasteiger charge is 2.12. The molecule has 2 atom stereocenters. The third-order valence-electron chi connectivity index (χ3n) is 1.98. The van der Waals surface area contributed by atoms with Crippen LogP contribution < -0.4 is 10.6 Å². The van der Waals surface area contributed by atoms with Crippen LogP contribution in [0.25, 0.3) is 0 Å². The van der Waals surface area contributed by atoms with E-state index in [4.69, 9.17) is 5.11 Å². The monoisotopic (exact) mass is 202 g/mol. The summed E-state index contributed by atoms with van der Waals surface area (Å²) >= 11 is 0. The molecule has 0 rings (SSSR count). The molecule has 0 aliphatic carbocycles. The van der Waals surface area contributed by atoms with E-state index in [1.165, 1.54) is 0 Å². The van der Waals surface area contributed by atoms with Crippen molar-refractivity contribution in [2.24, 2.45) is 5.92 Å². The van der Waals surface area contributed by atoms with E-state index in [1.54, 1.807) is 6.92 Å². The first-order valence-corrected chi connectivity index (χ1v) is 4.74. The molecule has 0 aliphatic heterocycles. The lowest BCUT2D eigenvalue weighted by molar-refractivity contribution is -0.140. The van der Waals surface area contributed by atoms with Crippen LogP contribution in [0.5, 0.6) is 0 Å². The number of carbonyl (C=O) groups excluding carboxylic acids is 1. The van der Waals surface area contributed by atoms with Gasteiger partial charge in [0, 0.05) is 12.6 Å². The quantitative estimate of drug-likeness (QED) is 0.617. The average Bonchev–Trinajstić information content (AvgIpc) is 2.13. The molecule has 0 aromatic rings. The molecule has 0 fully saturated rings. The van der Waals surface area contributed by atoms with Crippen LogP contribution in [0.1, 0.15) is 27.2 Å². The van der Waals surface area contributed by atoms with Crippen LogP contribution in [-0.2, 0) is 4.79 Å². The summed E-state index contributed by atoms with van der Waals surface area (Å²) < 4.78 is 0. The van der Waals surface area contributed by atoms with E-state index in [9.17, 15) is 9.59 Å². The van der Waals surface area contributed by atoms with Crippen LogP contribution in [0, 0.1) is 5.92 Å². The van der Waals surface area contributed by atoms with Gasteiger partial charge in [0.25, 0.3) is 0 Å². The fourth-order valence-electron chi connectivity index (χ4n) is 0.710. The van der Waals surface area contributed by atoms with Crippen molar-refractivity contribution >= 4 is 12.0 Å². The summed E-state index contributed by atoms with van der Waals surface area (Å²) in [4.78, 5) is 21.5. The highest BCUT2D eigenvalue weighted by atomic mass is 16.4. The minimum atomic E-state index is -0.908. The number of aliphatic carboxylic acids is 1. The molecule has 2 amide bonds. The average molecular weight is 202 g/mol. The molecule has 0 bridgehead atoms. The highest BCUT2D eigenvalue weighted by molar-refractivity contribution is 5.75. The van der Waals surface area contributed by atoms with Crippen molar-refractivity contribution in [2.45, 2.75) is 33.2 Å². The van der Waals surface area contributed by atoms with Gasteiger partial charge in [-0.3, -0.25) is 4.79 Å². The molecule has 5 heteroatoms. The number of hydrogen-bond donors (Lipinski definition) is 3. The smallest absolute Gasteiger partial charge is 0.315 e. The number of amides is 2. The topological polar surface area (TPSA) is 78.4 Å². The van der Waals surface area contributed by atoms with Crippen molar-refractivity contribution < 1.29 is 14.7 Å². The van der Waals surface area contributed by atoms with E-state index in [1.807, 2.05) is 13.8 Å². The maximum Gasteiger partial charge on any atom is 0.315 e. The van der Waals surface area contributed by atoms with Crippen molar-refractivity contribution in [1.82, 2.24) is 10.6 Å². The summed E-state index contributed by atoms with van der Waals surface area (Å²) in [6.07, 6.45) is 0.849. The van der Waals surface area contributed by atoms with Crippen LogP contribution in [-0.4, -0.2) is 29.7 Å². The molecule has 0 aliphatic rings. The van der Waals surface area contributed by atoms with Gasteiger partial charge in [0.05, 0.1) is 5.92 Å². The van der Waals surface area contributed by atoms with Crippen molar-refractivity contribution in [1.29, 1.82) is 0 Å². The molecular weight excluding hydrogens is 184 g/mol. The molecule has 0 saturated carbocycles. The van der Waals surface area contributed by atoms with Gasteiger partial charge in [0.15, 0.2) is 0 Å². The fraction of sp³-hybridized carbons (Fsp3) is 0.778. The largest absolute Gasteiger partial charge is 0.481 e. The van der Waals surface area contributed by atoms with Gasteiger partial charge >= 0.3 is 12.0 Å². The number of carboxylic acid groups (broad SMARTS) is 1. The Kier molecular flexibility index (Phi) is 5.67. The Morgan fingerprint density at radius 1 is 1.36 bits per heavy atom. The predicted molar refractivity (Wildman–Crippen MR) is 53.1 cm³/mol. The first-order valence-electron chi connectivity index (χ1n) is 4.74. The zero-order valence-electron chi connectivity index (χ0n) is 8.83. The van der Waals surface area contributed by atoms with Crippen LogP contribution in [0.4, 0.5) is 4.79 Å². The Morgan fingerprint density at radius 3 is 2.36 bits per heavy atom. The third kappa shape index (κ3) is 5.40. The lowest BCUT2D eigenvalue weighted by atomic mass is 10.2. The number of carbonyl (C=O) groups is 2. The second kappa shape index (κ2) is 6.23. The van der Waals surface area contributed by atoms with E-state index in [0.717, 1.165) is 6.42 Å². The molecule has 3 N–H and O–H groups in total. The number of nitrogens with one attached hydrogen (secondary N) is 2. The number of hydrogen-bond acceptors (Lipinski definition) is 2. The first-order chi connectivity index (χ1) is 6.47. The maximum atomic E-state index is 11.1. The zero-order valence-corrected chi connectivity index (χ0v) is 8.83. The van der Waals surface area contributed by atoms with Crippen molar-refractivity contribution in [3.8, 4) is 0 Å². The molecular formula is C9H18N2O3. The Balaban J connectivity index is 3.69. The highest BCUT2D eigenvalue weighted by Crippen LogP contribution is 1.92. The van der Waals surface area contributed by atoms with Gasteiger partial charge in [-0.25, -0.2) is 4.79 Å². The molecule has 82 valence electrons. The number of carboxylic acids is 1. The van der Waals surface area contributed by atoms with E-state index < -0.39 is 11.9 Å². The van der Waals surface area contributed by atoms with E-state index in [0.29, 0.717) is 0 Å². The minimum absolute atomic E-state index is 0.107. The van der Waals surface area contributed by atoms with Crippen molar-refractivity contribution in [3.05, 3.63) is 0 Å². The Hall–Kier alpha value is -1.26. The zero-order chi connectivity index (χ0) is 11.1. The fourth-order valence-corrected chi connectivity index (χ4v) is 0.710. The molecule has 0 aromatic heterocycles. The Morgan fingerprint density at radius 2 is 1.93 bits per heavy atom. The van der Waals surface area contributed by atoms with Crippen molar-refractivity contribution in [3.63, 3.8) is 0 Å². The van der Waals surface area contributed by atoms with Gasteiger partial charge < -0.3 is 15.7 Å². The molecule has 0 aromatic carbocycles. The van der Waals surface area contributed by atoms with E-state index in [2.05, 4.69) is 10.6 Å². The summed E-state index contributed by atoms with van der Waals surface area (Å²) in [5, 5.41) is 13.7. The van der Waals surface area contributed by atoms with Gasteiger partial charge in [-0.1, -0.05) is 13.8 Å². The first kappa shape index (κ1) is 12.7. The summed E-state index contributed by atoms with van der Waals surface area (Å²) in [6, 6.07) is -0.206. The van der Waals surface area contributed by atoms with Gasteiger partial charge in [0.1, 0.15) is 0 Å². The lowest BCUT2D eigenvalue weighted by Gasteiger charge is -2.13. The standard InChI is InChI=1S/C9H18N2O3/c1-4-7(3)11-9(14)10-5-6(2)8(12)13/h6-7H,4-5H2,1-3H3,(H,12,13)(H2,10,11,14). The minimum Gasteiger partial charge on any atom is -0.481 e. The molecule has 5 nitrogen and oxygen atoms in total. The van der Waals surface area contributed by atoms with Crippen LogP contribution in [0.15, 0.2) is 0 Å². The Bertz CT molecular complexity index is 206. The molecule has 0 heterocycles. The van der Waals surface area contributed by atoms with Crippen LogP contribution >= 0.6 is 0 Å². The SMILES string of the molecule is CCC(C)NC(=O)NCC(C)C(=O)O. The summed E-state index contributed by atoms with van der Waals surface area (Å²) in [7, 11) is 0. The van der Waals surface area contributed by atoms with Gasteiger partial charge in [-0.05, 0) is 13.3 Å². The second-order valence-corrected chi connectivity index (χ2v) is 3.40. The summed E-state index contributed by atoms with van der Waals surface area (Å²) in [5.41, 5.74) is 0. The second-order valence-electron chi connectivity index (χ2n) is 3.40. The van der Waals surface area contributed by atoms with E-state index in [-0.39, 0.29) is 18.6 Å². The number of urea groups is 1. The maximum absolute atomic E-state index is 11.1. The van der Waals surface area contributed by atoms with Gasteiger partial charge in [0.2, 0.25) is 0 Å². The summed E-state index contributed by atoms with van der Waals surface area (Å²) in [5.74, 6) is -1.47. The number of rotatable bonds is 5. The molecule has 2 unspecified atom stereocenters. The Labute approximate surface area is 83.9 Å². The van der Waals surface area contributed by atoms with Crippen LogP contribution in [0.2, 0.25) is 0 Å². The van der Waals surface area contributed by atoms with Crippen molar-refractivity contribution in [2.75, 3.05) is 6.54 Å². The van der Waals surface area contributed by atoms with E-state index >= 15 is 0 Å².